The van der Waals surface area contributed by atoms with E-state index in [0.29, 0.717) is 5.92 Å². The predicted molar refractivity (Wildman–Crippen MR) is 56.6 cm³/mol. The molecule has 2 atom stereocenters. The Kier molecular flexibility index (Phi) is 5.72. The molecule has 0 heterocycles. The van der Waals surface area contributed by atoms with Crippen molar-refractivity contribution in [2.24, 2.45) is 23.3 Å². The third kappa shape index (κ3) is 4.58. The molecule has 0 rings (SSSR count). The molecule has 0 fully saturated rings. The van der Waals surface area contributed by atoms with E-state index in [1.807, 2.05) is 27.7 Å². The van der Waals surface area contributed by atoms with Crippen LogP contribution in [-0.2, 0) is 9.53 Å². The molecule has 0 aliphatic carbocycles. The van der Waals surface area contributed by atoms with Gasteiger partial charge >= 0.3 is 5.97 Å². The lowest BCUT2D eigenvalue weighted by molar-refractivity contribution is -0.147. The van der Waals surface area contributed by atoms with Crippen LogP contribution >= 0.6 is 0 Å². The molecule has 0 amide bonds. The van der Waals surface area contributed by atoms with Crippen molar-refractivity contribution in [1.29, 1.82) is 0 Å². The Morgan fingerprint density at radius 2 is 1.64 bits per heavy atom. The predicted octanol–water partition coefficient (Wildman–Crippen LogP) is 0.496. The Hall–Kier alpha value is -0.610. The average Bonchev–Trinajstić information content (AvgIpc) is 2.11. The van der Waals surface area contributed by atoms with Crippen LogP contribution in [0, 0.1) is 11.8 Å². The zero-order chi connectivity index (χ0) is 11.3. The summed E-state index contributed by atoms with van der Waals surface area (Å²) >= 11 is 0. The molecule has 0 radical (unpaired) electrons. The first-order valence-corrected chi connectivity index (χ1v) is 5.04. The highest BCUT2D eigenvalue weighted by Crippen LogP contribution is 2.03. The lowest BCUT2D eigenvalue weighted by Crippen LogP contribution is -2.40. The second-order valence-electron chi connectivity index (χ2n) is 4.31. The summed E-state index contributed by atoms with van der Waals surface area (Å²) in [5.41, 5.74) is 11.3. The second-order valence-corrected chi connectivity index (χ2v) is 4.31. The Bertz CT molecular complexity index is 181. The van der Waals surface area contributed by atoms with Gasteiger partial charge in [-0.15, -0.1) is 0 Å². The highest BCUT2D eigenvalue weighted by atomic mass is 16.5. The van der Waals surface area contributed by atoms with E-state index in [0.717, 1.165) is 0 Å². The lowest BCUT2D eigenvalue weighted by atomic mass is 10.1. The molecule has 4 N–H and O–H groups in total. The summed E-state index contributed by atoms with van der Waals surface area (Å²) in [6, 6.07) is -0.660. The van der Waals surface area contributed by atoms with E-state index in [-0.39, 0.29) is 24.5 Å². The van der Waals surface area contributed by atoms with Gasteiger partial charge in [-0.1, -0.05) is 27.7 Å². The third-order valence-electron chi connectivity index (χ3n) is 2.26. The number of esters is 1. The van der Waals surface area contributed by atoms with Crippen LogP contribution in [0.1, 0.15) is 27.7 Å². The van der Waals surface area contributed by atoms with Crippen molar-refractivity contribution >= 4 is 5.97 Å². The molecule has 0 aliphatic heterocycles. The molecule has 0 aromatic heterocycles. The van der Waals surface area contributed by atoms with Crippen LogP contribution in [0.2, 0.25) is 0 Å². The van der Waals surface area contributed by atoms with Crippen molar-refractivity contribution in [2.45, 2.75) is 39.8 Å². The quantitative estimate of drug-likeness (QED) is 0.636. The third-order valence-corrected chi connectivity index (χ3v) is 2.26. The van der Waals surface area contributed by atoms with Crippen molar-refractivity contribution < 1.29 is 9.53 Å². The first kappa shape index (κ1) is 13.4. The summed E-state index contributed by atoms with van der Waals surface area (Å²) in [6.07, 6.45) is 0. The van der Waals surface area contributed by atoms with Gasteiger partial charge in [-0.2, -0.15) is 0 Å². The highest BCUT2D eigenvalue weighted by molar-refractivity contribution is 5.75. The maximum absolute atomic E-state index is 11.3. The molecule has 0 spiro atoms. The molecular weight excluding hydrogens is 180 g/mol. The van der Waals surface area contributed by atoms with Crippen LogP contribution in [0.5, 0.6) is 0 Å². The van der Waals surface area contributed by atoms with Crippen LogP contribution in [0.15, 0.2) is 0 Å². The van der Waals surface area contributed by atoms with Gasteiger partial charge in [0.1, 0.15) is 12.6 Å². The van der Waals surface area contributed by atoms with Crippen molar-refractivity contribution in [3.63, 3.8) is 0 Å². The van der Waals surface area contributed by atoms with Crippen molar-refractivity contribution in [3.8, 4) is 0 Å². The van der Waals surface area contributed by atoms with Crippen molar-refractivity contribution in [3.05, 3.63) is 0 Å². The summed E-state index contributed by atoms with van der Waals surface area (Å²) in [5.74, 6) is 0.0342. The molecule has 0 bridgehead atoms. The van der Waals surface area contributed by atoms with E-state index in [9.17, 15) is 4.79 Å². The topological polar surface area (TPSA) is 78.3 Å². The van der Waals surface area contributed by atoms with Gasteiger partial charge < -0.3 is 16.2 Å². The summed E-state index contributed by atoms with van der Waals surface area (Å²) in [5, 5.41) is 0. The fourth-order valence-corrected chi connectivity index (χ4v) is 0.739. The minimum atomic E-state index is -0.547. The maximum atomic E-state index is 11.3. The summed E-state index contributed by atoms with van der Waals surface area (Å²) in [7, 11) is 0. The van der Waals surface area contributed by atoms with E-state index in [1.165, 1.54) is 0 Å². The Morgan fingerprint density at radius 3 is 2.00 bits per heavy atom. The lowest BCUT2D eigenvalue weighted by Gasteiger charge is -2.18. The number of hydrogen-bond acceptors (Lipinski definition) is 4. The molecular formula is C10H22N2O2. The minimum Gasteiger partial charge on any atom is -0.463 e. The summed E-state index contributed by atoms with van der Waals surface area (Å²) in [6.45, 7) is 7.99. The first-order chi connectivity index (χ1) is 6.36. The van der Waals surface area contributed by atoms with Gasteiger partial charge in [0.05, 0.1) is 0 Å². The average molecular weight is 202 g/mol. The van der Waals surface area contributed by atoms with Gasteiger partial charge in [-0.3, -0.25) is 4.79 Å². The van der Waals surface area contributed by atoms with E-state index in [1.54, 1.807) is 0 Å². The van der Waals surface area contributed by atoms with E-state index < -0.39 is 6.04 Å². The monoisotopic (exact) mass is 202 g/mol. The SMILES string of the molecule is CC(C)[C@H](N)COC(=O)[C@@H](N)C(C)C. The molecule has 0 aromatic rings. The van der Waals surface area contributed by atoms with Crippen LogP contribution in [0.3, 0.4) is 0 Å². The molecule has 4 nitrogen and oxygen atoms in total. The fourth-order valence-electron chi connectivity index (χ4n) is 0.739. The van der Waals surface area contributed by atoms with Gasteiger partial charge in [-0.05, 0) is 11.8 Å². The van der Waals surface area contributed by atoms with E-state index in [4.69, 9.17) is 16.2 Å². The van der Waals surface area contributed by atoms with Gasteiger partial charge in [0, 0.05) is 6.04 Å². The van der Waals surface area contributed by atoms with Gasteiger partial charge in [0.15, 0.2) is 0 Å². The Balaban J connectivity index is 3.85. The molecule has 0 saturated carbocycles. The molecule has 0 aliphatic rings. The zero-order valence-corrected chi connectivity index (χ0v) is 9.49. The van der Waals surface area contributed by atoms with E-state index in [2.05, 4.69) is 0 Å². The van der Waals surface area contributed by atoms with Crippen LogP contribution in [-0.4, -0.2) is 24.7 Å². The number of carbonyl (C=O) groups is 1. The smallest absolute Gasteiger partial charge is 0.323 e. The Morgan fingerprint density at radius 1 is 1.14 bits per heavy atom. The summed E-state index contributed by atoms with van der Waals surface area (Å²) in [4.78, 5) is 11.3. The molecule has 84 valence electrons. The number of hydrogen-bond donors (Lipinski definition) is 2. The van der Waals surface area contributed by atoms with Crippen LogP contribution in [0.25, 0.3) is 0 Å². The van der Waals surface area contributed by atoms with Crippen LogP contribution < -0.4 is 11.5 Å². The number of carbonyl (C=O) groups excluding carboxylic acids is 1. The molecule has 0 unspecified atom stereocenters. The molecule has 0 saturated heterocycles. The maximum Gasteiger partial charge on any atom is 0.323 e. The molecule has 14 heavy (non-hydrogen) atoms. The number of rotatable bonds is 5. The van der Waals surface area contributed by atoms with Crippen LogP contribution in [0.4, 0.5) is 0 Å². The number of nitrogens with two attached hydrogens (primary N) is 2. The largest absolute Gasteiger partial charge is 0.463 e. The first-order valence-electron chi connectivity index (χ1n) is 5.04. The van der Waals surface area contributed by atoms with Crippen molar-refractivity contribution in [2.75, 3.05) is 6.61 Å². The standard InChI is InChI=1S/C10H22N2O2/c1-6(2)8(11)5-14-10(13)9(12)7(3)4/h6-9H,5,11-12H2,1-4H3/t8-,9+/m1/s1. The molecule has 0 aromatic carbocycles. The molecule has 4 heteroatoms. The fraction of sp³-hybridized carbons (Fsp3) is 0.900. The van der Waals surface area contributed by atoms with Gasteiger partial charge in [0.2, 0.25) is 0 Å². The van der Waals surface area contributed by atoms with Crippen molar-refractivity contribution in [1.82, 2.24) is 0 Å². The van der Waals surface area contributed by atoms with Gasteiger partial charge in [-0.25, -0.2) is 0 Å². The highest BCUT2D eigenvalue weighted by Gasteiger charge is 2.20. The normalized spacial score (nSPS) is 15.7. The zero-order valence-electron chi connectivity index (χ0n) is 9.49. The van der Waals surface area contributed by atoms with Gasteiger partial charge in [0.25, 0.3) is 0 Å². The van der Waals surface area contributed by atoms with E-state index >= 15 is 0 Å². The summed E-state index contributed by atoms with van der Waals surface area (Å²) < 4.78 is 5.00. The number of ether oxygens (including phenoxy) is 1. The minimum absolute atomic E-state index is 0.0952. The second kappa shape index (κ2) is 5.98. The Labute approximate surface area is 86.0 Å².